The van der Waals surface area contributed by atoms with E-state index in [1.54, 1.807) is 0 Å². The van der Waals surface area contributed by atoms with E-state index in [9.17, 15) is 0 Å². The molecule has 0 aliphatic rings. The SMILES string of the molecule is C[N+](C)(C)CCCCCCN(CCCCCC[N+](C)(C)C)c1ccc(/C=C/c2ccc(/C=C/c3ccc(/C=C/c4ccc(/C=C/c5ccc(N(CCCCCC[N+](C)(C)C)CCCCCC[N+](C)(C)C)cc5)cc4)cc3)cc2)cc1. The van der Waals surface area contributed by atoms with Gasteiger partial charge >= 0.3 is 0 Å². The highest BCUT2D eigenvalue weighted by molar-refractivity contribution is 5.76. The van der Waals surface area contributed by atoms with Crippen molar-refractivity contribution in [1.29, 1.82) is 0 Å². The molecule has 80 heavy (non-hydrogen) atoms. The van der Waals surface area contributed by atoms with Crippen molar-refractivity contribution >= 4 is 60.0 Å². The molecule has 6 heteroatoms. The van der Waals surface area contributed by atoms with Crippen molar-refractivity contribution in [2.45, 2.75) is 103 Å². The van der Waals surface area contributed by atoms with Gasteiger partial charge in [0.15, 0.2) is 0 Å². The molecule has 0 aromatic heterocycles. The molecule has 434 valence electrons. The third kappa shape index (κ3) is 29.3. The number of benzene rings is 5. The van der Waals surface area contributed by atoms with Crippen molar-refractivity contribution in [3.05, 3.63) is 166 Å². The average Bonchev–Trinajstić information content (AvgIpc) is 3.41. The van der Waals surface area contributed by atoms with E-state index in [1.165, 1.54) is 185 Å². The Morgan fingerprint density at radius 1 is 0.212 bits per heavy atom. The minimum atomic E-state index is 1.06. The first-order valence-corrected chi connectivity index (χ1v) is 31.1. The maximum absolute atomic E-state index is 2.64. The summed E-state index contributed by atoms with van der Waals surface area (Å²) in [5.41, 5.74) is 12.4. The molecule has 0 unspecified atom stereocenters. The van der Waals surface area contributed by atoms with Crippen LogP contribution in [0.3, 0.4) is 0 Å². The van der Waals surface area contributed by atoms with Gasteiger partial charge in [0, 0.05) is 37.6 Å². The molecule has 0 radical (unpaired) electrons. The molecule has 0 saturated carbocycles. The van der Waals surface area contributed by atoms with Crippen molar-refractivity contribution in [2.24, 2.45) is 0 Å². The molecular formula is C74H112N6+4. The first kappa shape index (κ1) is 65.3. The fraction of sp³-hybridized carbons (Fsp3) is 0.486. The summed E-state index contributed by atoms with van der Waals surface area (Å²) in [7, 11) is 27.6. The number of hydrogen-bond donors (Lipinski definition) is 0. The molecule has 0 fully saturated rings. The lowest BCUT2D eigenvalue weighted by Crippen LogP contribution is -2.35. The van der Waals surface area contributed by atoms with Gasteiger partial charge in [0.05, 0.1) is 111 Å². The minimum Gasteiger partial charge on any atom is -0.372 e. The van der Waals surface area contributed by atoms with E-state index in [4.69, 9.17) is 0 Å². The van der Waals surface area contributed by atoms with Crippen molar-refractivity contribution in [3.8, 4) is 0 Å². The molecule has 0 atom stereocenters. The van der Waals surface area contributed by atoms with E-state index in [0.29, 0.717) is 0 Å². The van der Waals surface area contributed by atoms with Crippen molar-refractivity contribution in [1.82, 2.24) is 0 Å². The zero-order chi connectivity index (χ0) is 57.7. The molecule has 0 N–H and O–H groups in total. The summed E-state index contributed by atoms with van der Waals surface area (Å²) in [6, 6.07) is 45.0. The Morgan fingerprint density at radius 3 is 0.525 bits per heavy atom. The molecular weight excluding hydrogens is 973 g/mol. The van der Waals surface area contributed by atoms with Crippen molar-refractivity contribution < 1.29 is 17.9 Å². The first-order chi connectivity index (χ1) is 38.1. The van der Waals surface area contributed by atoms with Gasteiger partial charge in [0.25, 0.3) is 0 Å². The second-order valence-electron chi connectivity index (χ2n) is 27.2. The van der Waals surface area contributed by atoms with Crippen LogP contribution >= 0.6 is 0 Å². The summed E-state index contributed by atoms with van der Waals surface area (Å²) in [4.78, 5) is 5.29. The molecule has 5 aromatic rings. The molecule has 5 aromatic carbocycles. The Kier molecular flexibility index (Phi) is 27.8. The van der Waals surface area contributed by atoms with Crippen LogP contribution in [-0.4, -0.2) is 155 Å². The number of rotatable bonds is 38. The number of hydrogen-bond acceptors (Lipinski definition) is 2. The van der Waals surface area contributed by atoms with Crippen LogP contribution in [0.4, 0.5) is 11.4 Å². The van der Waals surface area contributed by atoms with Gasteiger partial charge in [-0.25, -0.2) is 0 Å². The predicted molar refractivity (Wildman–Crippen MR) is 358 cm³/mol. The van der Waals surface area contributed by atoms with Gasteiger partial charge in [-0.15, -0.1) is 0 Å². The Morgan fingerprint density at radius 2 is 0.362 bits per heavy atom. The lowest BCUT2D eigenvalue weighted by molar-refractivity contribution is -0.870. The molecule has 0 heterocycles. The zero-order valence-electron chi connectivity index (χ0n) is 52.8. The summed E-state index contributed by atoms with van der Waals surface area (Å²) in [6.07, 6.45) is 38.6. The van der Waals surface area contributed by atoms with Gasteiger partial charge in [0.2, 0.25) is 0 Å². The molecule has 0 amide bonds. The summed E-state index contributed by atoms with van der Waals surface area (Å²) in [5.74, 6) is 0. The monoisotopic (exact) mass is 1080 g/mol. The van der Waals surface area contributed by atoms with Gasteiger partial charge < -0.3 is 27.7 Å². The largest absolute Gasteiger partial charge is 0.372 e. The van der Waals surface area contributed by atoms with E-state index in [-0.39, 0.29) is 0 Å². The highest BCUT2D eigenvalue weighted by atomic mass is 15.3. The summed E-state index contributed by atoms with van der Waals surface area (Å²) in [6.45, 7) is 9.60. The molecule has 0 spiro atoms. The molecule has 6 nitrogen and oxygen atoms in total. The van der Waals surface area contributed by atoms with Crippen LogP contribution in [0, 0.1) is 0 Å². The lowest BCUT2D eigenvalue weighted by atomic mass is 10.1. The molecule has 5 rings (SSSR count). The molecule has 0 bridgehead atoms. The standard InChI is InChI=1S/C74H112N6/c1-77(2,3)61-25-17-13-21-57-75(58-22-14-18-26-62-78(4,5)6)73-53-49-71(50-54-73)47-45-69-41-37-67(38-42-69)35-33-65-29-31-66(32-30-65)34-36-68-39-43-70(44-40-68)46-48-72-51-55-74(56-52-72)76(59-23-15-19-27-63-79(7,8)9)60-24-16-20-28-64-80(10,11)12/h29-56H,13-28,57-64H2,1-12H3/q+4/b35-33+,36-34+,47-45+,48-46+. The van der Waals surface area contributed by atoms with Gasteiger partial charge in [-0.2, -0.15) is 0 Å². The van der Waals surface area contributed by atoms with Crippen LogP contribution in [0.25, 0.3) is 48.6 Å². The predicted octanol–water partition coefficient (Wildman–Crippen LogP) is 17.0. The zero-order valence-corrected chi connectivity index (χ0v) is 52.8. The van der Waals surface area contributed by atoms with E-state index in [0.717, 1.165) is 44.1 Å². The topological polar surface area (TPSA) is 6.48 Å². The molecule has 0 aliphatic heterocycles. The normalized spacial score (nSPS) is 12.8. The van der Waals surface area contributed by atoms with Crippen LogP contribution in [0.1, 0.15) is 147 Å². The fourth-order valence-corrected chi connectivity index (χ4v) is 10.2. The van der Waals surface area contributed by atoms with E-state index in [1.807, 2.05) is 0 Å². The second kappa shape index (κ2) is 34.1. The summed E-state index contributed by atoms with van der Waals surface area (Å²) >= 11 is 0. The average molecular weight is 1090 g/mol. The van der Waals surface area contributed by atoms with Gasteiger partial charge in [0.1, 0.15) is 0 Å². The Balaban J connectivity index is 1.06. The lowest BCUT2D eigenvalue weighted by Gasteiger charge is -2.26. The van der Waals surface area contributed by atoms with E-state index in [2.05, 4.69) is 264 Å². The number of unbranched alkanes of at least 4 members (excludes halogenated alkanes) is 12. The van der Waals surface area contributed by atoms with Crippen molar-refractivity contribution in [3.63, 3.8) is 0 Å². The van der Waals surface area contributed by atoms with E-state index >= 15 is 0 Å². The Labute approximate surface area is 490 Å². The van der Waals surface area contributed by atoms with Crippen LogP contribution < -0.4 is 9.80 Å². The summed E-state index contributed by atoms with van der Waals surface area (Å²) < 4.78 is 4.24. The van der Waals surface area contributed by atoms with Crippen LogP contribution in [0.2, 0.25) is 0 Å². The molecule has 0 aliphatic carbocycles. The first-order valence-electron chi connectivity index (χ1n) is 31.1. The van der Waals surface area contributed by atoms with Gasteiger partial charge in [-0.1, -0.05) is 171 Å². The highest BCUT2D eigenvalue weighted by Crippen LogP contribution is 2.23. The maximum atomic E-state index is 2.64. The van der Waals surface area contributed by atoms with E-state index < -0.39 is 0 Å². The maximum Gasteiger partial charge on any atom is 0.0780 e. The van der Waals surface area contributed by atoms with Gasteiger partial charge in [-0.3, -0.25) is 0 Å². The minimum absolute atomic E-state index is 1.06. The van der Waals surface area contributed by atoms with Crippen LogP contribution in [-0.2, 0) is 0 Å². The Bertz CT molecular complexity index is 2320. The van der Waals surface area contributed by atoms with Crippen molar-refractivity contribution in [2.75, 3.05) is 147 Å². The smallest absolute Gasteiger partial charge is 0.0780 e. The van der Waals surface area contributed by atoms with Crippen LogP contribution in [0.5, 0.6) is 0 Å². The quantitative estimate of drug-likeness (QED) is 0.0221. The Hall–Kier alpha value is -5.50. The second-order valence-corrected chi connectivity index (χ2v) is 27.2. The van der Waals surface area contributed by atoms with Gasteiger partial charge in [-0.05, 0) is 146 Å². The number of quaternary nitrogens is 4. The fourth-order valence-electron chi connectivity index (χ4n) is 10.2. The third-order valence-electron chi connectivity index (χ3n) is 15.2. The molecule has 0 saturated heterocycles. The summed E-state index contributed by atoms with van der Waals surface area (Å²) in [5, 5.41) is 0. The number of anilines is 2. The van der Waals surface area contributed by atoms with Crippen LogP contribution in [0.15, 0.2) is 121 Å². The highest BCUT2D eigenvalue weighted by Gasteiger charge is 2.12. The third-order valence-corrected chi connectivity index (χ3v) is 15.2. The number of nitrogens with zero attached hydrogens (tertiary/aromatic N) is 6.